The van der Waals surface area contributed by atoms with Crippen molar-refractivity contribution in [2.24, 2.45) is 0 Å². The van der Waals surface area contributed by atoms with Crippen LogP contribution in [-0.2, 0) is 6.18 Å². The van der Waals surface area contributed by atoms with Crippen LogP contribution in [0.15, 0.2) is 16.7 Å². The number of nitrogens with zero attached hydrogens (tertiary/aromatic N) is 1. The molecule has 0 radical (unpaired) electrons. The van der Waals surface area contributed by atoms with E-state index in [0.29, 0.717) is 6.42 Å². The Bertz CT molecular complexity index is 384. The van der Waals surface area contributed by atoms with E-state index >= 15 is 0 Å². The number of alkyl halides is 3. The first-order valence-corrected chi connectivity index (χ1v) is 5.74. The molecule has 1 heterocycles. The quantitative estimate of drug-likeness (QED) is 0.898. The Labute approximate surface area is 105 Å². The van der Waals surface area contributed by atoms with Crippen molar-refractivity contribution in [3.8, 4) is 0 Å². The van der Waals surface area contributed by atoms with Gasteiger partial charge >= 0.3 is 6.18 Å². The SMILES string of the molecule is CC(CCO)Nc1ncc(Br)cc1C(F)(F)F. The monoisotopic (exact) mass is 312 g/mol. The fraction of sp³-hybridized carbons (Fsp3) is 0.500. The standard InChI is InChI=1S/C10H12BrF3N2O/c1-6(2-3-17)16-9-8(10(12,13)14)4-7(11)5-15-9/h4-6,17H,2-3H2,1H3,(H,15,16). The van der Waals surface area contributed by atoms with Crippen LogP contribution in [0.25, 0.3) is 0 Å². The number of halogens is 4. The van der Waals surface area contributed by atoms with Gasteiger partial charge in [0.25, 0.3) is 0 Å². The average Bonchev–Trinajstić information content (AvgIpc) is 2.19. The number of aromatic nitrogens is 1. The van der Waals surface area contributed by atoms with Crippen molar-refractivity contribution >= 4 is 21.7 Å². The number of aliphatic hydroxyl groups excluding tert-OH is 1. The first kappa shape index (κ1) is 14.2. The number of hydrogen-bond donors (Lipinski definition) is 2. The van der Waals surface area contributed by atoms with Crippen molar-refractivity contribution in [1.82, 2.24) is 4.98 Å². The number of rotatable bonds is 4. The molecule has 0 saturated heterocycles. The third-order valence-electron chi connectivity index (χ3n) is 2.10. The van der Waals surface area contributed by atoms with Crippen LogP contribution < -0.4 is 5.32 Å². The molecule has 1 unspecified atom stereocenters. The van der Waals surface area contributed by atoms with Gasteiger partial charge in [-0.3, -0.25) is 0 Å². The van der Waals surface area contributed by atoms with Crippen molar-refractivity contribution < 1.29 is 18.3 Å². The van der Waals surface area contributed by atoms with Crippen molar-refractivity contribution in [2.75, 3.05) is 11.9 Å². The molecule has 0 bridgehead atoms. The van der Waals surface area contributed by atoms with E-state index in [1.165, 1.54) is 6.20 Å². The van der Waals surface area contributed by atoms with E-state index in [1.54, 1.807) is 6.92 Å². The number of anilines is 1. The van der Waals surface area contributed by atoms with E-state index in [-0.39, 0.29) is 22.9 Å². The van der Waals surface area contributed by atoms with E-state index in [9.17, 15) is 13.2 Å². The molecular weight excluding hydrogens is 301 g/mol. The second kappa shape index (κ2) is 5.68. The van der Waals surface area contributed by atoms with E-state index in [4.69, 9.17) is 5.11 Å². The molecule has 96 valence electrons. The summed E-state index contributed by atoms with van der Waals surface area (Å²) in [5, 5.41) is 11.3. The lowest BCUT2D eigenvalue weighted by Gasteiger charge is -2.17. The minimum absolute atomic E-state index is 0.0912. The zero-order chi connectivity index (χ0) is 13.1. The van der Waals surface area contributed by atoms with Crippen LogP contribution in [0.4, 0.5) is 19.0 Å². The zero-order valence-corrected chi connectivity index (χ0v) is 10.6. The second-order valence-corrected chi connectivity index (χ2v) is 4.52. The molecule has 17 heavy (non-hydrogen) atoms. The minimum atomic E-state index is -4.46. The van der Waals surface area contributed by atoms with Gasteiger partial charge in [0, 0.05) is 23.3 Å². The van der Waals surface area contributed by atoms with Gasteiger partial charge < -0.3 is 10.4 Å². The number of pyridine rings is 1. The molecule has 1 aromatic heterocycles. The Kier molecular flexibility index (Phi) is 4.76. The predicted octanol–water partition coefficient (Wildman–Crippen LogP) is 3.05. The normalized spacial score (nSPS) is 13.5. The highest BCUT2D eigenvalue weighted by Crippen LogP contribution is 2.35. The third kappa shape index (κ3) is 4.16. The molecule has 1 aromatic rings. The molecule has 0 amide bonds. The molecule has 3 nitrogen and oxygen atoms in total. The van der Waals surface area contributed by atoms with Crippen molar-refractivity contribution in [2.45, 2.75) is 25.6 Å². The molecule has 0 aromatic carbocycles. The zero-order valence-electron chi connectivity index (χ0n) is 9.05. The average molecular weight is 313 g/mol. The maximum atomic E-state index is 12.7. The first-order valence-electron chi connectivity index (χ1n) is 4.94. The molecule has 0 aliphatic heterocycles. The van der Waals surface area contributed by atoms with Gasteiger partial charge in [-0.25, -0.2) is 4.98 Å². The van der Waals surface area contributed by atoms with Gasteiger partial charge in [-0.1, -0.05) is 0 Å². The summed E-state index contributed by atoms with van der Waals surface area (Å²) >= 11 is 2.96. The Balaban J connectivity index is 2.99. The van der Waals surface area contributed by atoms with Gasteiger partial charge in [0.15, 0.2) is 0 Å². The summed E-state index contributed by atoms with van der Waals surface area (Å²) in [4.78, 5) is 3.71. The Morgan fingerprint density at radius 3 is 2.71 bits per heavy atom. The number of aliphatic hydroxyl groups is 1. The largest absolute Gasteiger partial charge is 0.419 e. The van der Waals surface area contributed by atoms with Gasteiger partial charge in [0.2, 0.25) is 0 Å². The Hall–Kier alpha value is -0.820. The smallest absolute Gasteiger partial charge is 0.396 e. The van der Waals surface area contributed by atoms with Gasteiger partial charge in [-0.2, -0.15) is 13.2 Å². The summed E-state index contributed by atoms with van der Waals surface area (Å²) in [7, 11) is 0. The summed E-state index contributed by atoms with van der Waals surface area (Å²) in [6, 6.07) is 0.691. The molecule has 0 aliphatic rings. The van der Waals surface area contributed by atoms with Crippen molar-refractivity contribution in [3.63, 3.8) is 0 Å². The molecule has 0 saturated carbocycles. The van der Waals surface area contributed by atoms with E-state index < -0.39 is 11.7 Å². The summed E-state index contributed by atoms with van der Waals surface area (Å²) in [6.45, 7) is 1.59. The highest BCUT2D eigenvalue weighted by molar-refractivity contribution is 9.10. The van der Waals surface area contributed by atoms with Crippen LogP contribution in [0, 0.1) is 0 Å². The predicted molar refractivity (Wildman–Crippen MR) is 61.7 cm³/mol. The topological polar surface area (TPSA) is 45.1 Å². The van der Waals surface area contributed by atoms with E-state index in [1.807, 2.05) is 0 Å². The van der Waals surface area contributed by atoms with Gasteiger partial charge in [0.1, 0.15) is 5.82 Å². The third-order valence-corrected chi connectivity index (χ3v) is 2.54. The highest BCUT2D eigenvalue weighted by Gasteiger charge is 2.34. The molecule has 0 aliphatic carbocycles. The van der Waals surface area contributed by atoms with E-state index in [2.05, 4.69) is 26.2 Å². The molecule has 0 spiro atoms. The second-order valence-electron chi connectivity index (χ2n) is 3.61. The lowest BCUT2D eigenvalue weighted by atomic mass is 10.2. The maximum Gasteiger partial charge on any atom is 0.419 e. The van der Waals surface area contributed by atoms with Crippen LogP contribution in [0.2, 0.25) is 0 Å². The van der Waals surface area contributed by atoms with Crippen LogP contribution in [-0.4, -0.2) is 22.7 Å². The lowest BCUT2D eigenvalue weighted by Crippen LogP contribution is -2.20. The van der Waals surface area contributed by atoms with E-state index in [0.717, 1.165) is 6.07 Å². The fourth-order valence-electron chi connectivity index (χ4n) is 1.27. The van der Waals surface area contributed by atoms with Gasteiger partial charge in [0.05, 0.1) is 5.56 Å². The van der Waals surface area contributed by atoms with Crippen LogP contribution in [0.1, 0.15) is 18.9 Å². The van der Waals surface area contributed by atoms with Crippen LogP contribution in [0.5, 0.6) is 0 Å². The lowest BCUT2D eigenvalue weighted by molar-refractivity contribution is -0.137. The maximum absolute atomic E-state index is 12.7. The highest BCUT2D eigenvalue weighted by atomic mass is 79.9. The number of nitrogens with one attached hydrogen (secondary N) is 1. The Morgan fingerprint density at radius 2 is 2.18 bits per heavy atom. The summed E-state index contributed by atoms with van der Waals surface area (Å²) in [6.07, 6.45) is -2.81. The fourth-order valence-corrected chi connectivity index (χ4v) is 1.60. The van der Waals surface area contributed by atoms with Crippen molar-refractivity contribution in [3.05, 3.63) is 22.3 Å². The molecule has 1 rings (SSSR count). The summed E-state index contributed by atoms with van der Waals surface area (Å²) in [5.74, 6) is -0.221. The summed E-state index contributed by atoms with van der Waals surface area (Å²) in [5.41, 5.74) is -0.823. The Morgan fingerprint density at radius 1 is 1.53 bits per heavy atom. The van der Waals surface area contributed by atoms with Crippen molar-refractivity contribution in [1.29, 1.82) is 0 Å². The van der Waals surface area contributed by atoms with Crippen LogP contribution >= 0.6 is 15.9 Å². The first-order chi connectivity index (χ1) is 7.84. The van der Waals surface area contributed by atoms with Crippen LogP contribution in [0.3, 0.4) is 0 Å². The van der Waals surface area contributed by atoms with Gasteiger partial charge in [-0.15, -0.1) is 0 Å². The minimum Gasteiger partial charge on any atom is -0.396 e. The number of hydrogen-bond acceptors (Lipinski definition) is 3. The molecule has 0 fully saturated rings. The summed E-state index contributed by atoms with van der Waals surface area (Å²) < 4.78 is 38.4. The molecular formula is C10H12BrF3N2O. The molecule has 2 N–H and O–H groups in total. The molecule has 1 atom stereocenters. The van der Waals surface area contributed by atoms with Gasteiger partial charge in [-0.05, 0) is 35.3 Å². The molecule has 7 heteroatoms.